The Morgan fingerprint density at radius 1 is 1.05 bits per heavy atom. The number of hydrogen-bond donors (Lipinski definition) is 0. The first-order valence-electron chi connectivity index (χ1n) is 7.61. The lowest BCUT2D eigenvalue weighted by Gasteiger charge is -2.53. The van der Waals surface area contributed by atoms with Crippen LogP contribution in [0.2, 0.25) is 0 Å². The maximum Gasteiger partial charge on any atom is 0.0720 e. The van der Waals surface area contributed by atoms with Crippen LogP contribution in [-0.4, -0.2) is 10.9 Å². The summed E-state index contributed by atoms with van der Waals surface area (Å²) in [5.74, 6) is 0. The summed E-state index contributed by atoms with van der Waals surface area (Å²) in [4.78, 5) is 0.680. The second kappa shape index (κ2) is 5.97. The molecule has 1 nitrogen and oxygen atoms in total. The molecule has 2 fully saturated rings. The lowest BCUT2D eigenvalue weighted by atomic mass is 9.61. The van der Waals surface area contributed by atoms with Crippen molar-refractivity contribution in [3.63, 3.8) is 0 Å². The predicted molar refractivity (Wildman–Crippen MR) is 82.5 cm³/mol. The normalized spacial score (nSPS) is 29.7. The van der Waals surface area contributed by atoms with Crippen LogP contribution in [0.1, 0.15) is 50.5 Å². The molecule has 2 saturated carbocycles. The van der Waals surface area contributed by atoms with E-state index in [4.69, 9.17) is 4.74 Å². The van der Waals surface area contributed by atoms with Crippen molar-refractivity contribution in [1.82, 2.24) is 0 Å². The minimum atomic E-state index is 0.436. The highest BCUT2D eigenvalue weighted by atomic mass is 79.9. The van der Waals surface area contributed by atoms with E-state index >= 15 is 0 Å². The molecule has 0 amide bonds. The molecule has 2 unspecified atom stereocenters. The van der Waals surface area contributed by atoms with Crippen LogP contribution in [0.5, 0.6) is 0 Å². The summed E-state index contributed by atoms with van der Waals surface area (Å²) in [7, 11) is 0. The van der Waals surface area contributed by atoms with Crippen LogP contribution in [0.25, 0.3) is 0 Å². The molecule has 0 heterocycles. The van der Waals surface area contributed by atoms with Gasteiger partial charge in [0.15, 0.2) is 0 Å². The molecule has 1 aromatic carbocycles. The fraction of sp³-hybridized carbons (Fsp3) is 0.647. The average Bonchev–Trinajstić information content (AvgIpc) is 2.72. The number of halogens is 1. The Bertz CT molecular complexity index is 395. The second-order valence-corrected chi connectivity index (χ2v) is 7.24. The Kier molecular flexibility index (Phi) is 4.28. The van der Waals surface area contributed by atoms with Crippen LogP contribution in [0.3, 0.4) is 0 Å². The summed E-state index contributed by atoms with van der Waals surface area (Å²) in [5.41, 5.74) is 1.73. The molecule has 3 rings (SSSR count). The average molecular weight is 323 g/mol. The van der Waals surface area contributed by atoms with Gasteiger partial charge in [0, 0.05) is 10.2 Å². The Labute approximate surface area is 124 Å². The molecule has 1 aromatic rings. The van der Waals surface area contributed by atoms with Gasteiger partial charge in [-0.15, -0.1) is 0 Å². The van der Waals surface area contributed by atoms with Crippen LogP contribution in [0, 0.1) is 5.41 Å². The monoisotopic (exact) mass is 322 g/mol. The van der Waals surface area contributed by atoms with E-state index in [9.17, 15) is 0 Å². The van der Waals surface area contributed by atoms with Crippen LogP contribution in [0.15, 0.2) is 30.3 Å². The number of ether oxygens (including phenoxy) is 1. The first kappa shape index (κ1) is 13.6. The molecule has 2 heteroatoms. The van der Waals surface area contributed by atoms with Gasteiger partial charge in [-0.25, -0.2) is 0 Å². The van der Waals surface area contributed by atoms with Gasteiger partial charge in [-0.2, -0.15) is 0 Å². The molecular weight excluding hydrogens is 300 g/mol. The fourth-order valence-corrected chi connectivity index (χ4v) is 4.82. The molecule has 2 aliphatic rings. The molecule has 0 radical (unpaired) electrons. The topological polar surface area (TPSA) is 9.23 Å². The summed E-state index contributed by atoms with van der Waals surface area (Å²) in [6.45, 7) is 0.771. The van der Waals surface area contributed by atoms with Crippen molar-refractivity contribution in [2.24, 2.45) is 5.41 Å². The fourth-order valence-electron chi connectivity index (χ4n) is 3.73. The van der Waals surface area contributed by atoms with Crippen molar-refractivity contribution >= 4 is 15.9 Å². The minimum Gasteiger partial charge on any atom is -0.373 e. The molecular formula is C17H23BrO. The summed E-state index contributed by atoms with van der Waals surface area (Å²) in [6, 6.07) is 10.6. The van der Waals surface area contributed by atoms with E-state index in [1.54, 1.807) is 0 Å². The number of benzene rings is 1. The van der Waals surface area contributed by atoms with Crippen molar-refractivity contribution < 1.29 is 4.74 Å². The smallest absolute Gasteiger partial charge is 0.0720 e. The zero-order chi connectivity index (χ0) is 13.1. The predicted octanol–water partition coefficient (Wildman–Crippen LogP) is 5.08. The maximum absolute atomic E-state index is 6.25. The van der Waals surface area contributed by atoms with Gasteiger partial charge in [0.1, 0.15) is 0 Å². The molecule has 0 bridgehead atoms. The largest absolute Gasteiger partial charge is 0.373 e. The number of hydrogen-bond acceptors (Lipinski definition) is 1. The van der Waals surface area contributed by atoms with Crippen molar-refractivity contribution in [2.75, 3.05) is 0 Å². The molecule has 0 aromatic heterocycles. The van der Waals surface area contributed by atoms with Gasteiger partial charge in [0.25, 0.3) is 0 Å². The van der Waals surface area contributed by atoms with E-state index in [0.717, 1.165) is 6.61 Å². The Morgan fingerprint density at radius 3 is 2.37 bits per heavy atom. The molecule has 0 aliphatic heterocycles. The maximum atomic E-state index is 6.25. The van der Waals surface area contributed by atoms with E-state index < -0.39 is 0 Å². The first-order chi connectivity index (χ1) is 9.31. The summed E-state index contributed by atoms with van der Waals surface area (Å²) in [6.07, 6.45) is 9.94. The second-order valence-electron chi connectivity index (χ2n) is 6.14. The van der Waals surface area contributed by atoms with Crippen molar-refractivity contribution in [1.29, 1.82) is 0 Å². The van der Waals surface area contributed by atoms with Crippen molar-refractivity contribution in [3.8, 4) is 0 Å². The summed E-state index contributed by atoms with van der Waals surface area (Å²) < 4.78 is 6.25. The van der Waals surface area contributed by atoms with Gasteiger partial charge in [-0.05, 0) is 24.8 Å². The Morgan fingerprint density at radius 2 is 1.74 bits per heavy atom. The Balaban J connectivity index is 1.61. The summed E-state index contributed by atoms with van der Waals surface area (Å²) >= 11 is 3.90. The standard InChI is InChI=1S/C17H23BrO/c18-15-12-16(17(15)10-6-1-2-7-11-17)19-13-14-8-4-3-5-9-14/h3-5,8-9,15-16H,1-2,6-7,10-13H2. The highest BCUT2D eigenvalue weighted by Crippen LogP contribution is 2.55. The SMILES string of the molecule is BrC1CC(OCc2ccccc2)C12CCCCCC2. The Hall–Kier alpha value is -0.340. The number of rotatable bonds is 3. The van der Waals surface area contributed by atoms with E-state index in [2.05, 4.69) is 46.3 Å². The molecule has 1 spiro atoms. The van der Waals surface area contributed by atoms with Gasteiger partial charge >= 0.3 is 0 Å². The minimum absolute atomic E-state index is 0.436. The summed E-state index contributed by atoms with van der Waals surface area (Å²) in [5, 5.41) is 0. The molecule has 0 saturated heterocycles. The lowest BCUT2D eigenvalue weighted by Crippen LogP contribution is -2.55. The third-order valence-electron chi connectivity index (χ3n) is 5.01. The van der Waals surface area contributed by atoms with Gasteiger partial charge in [0.05, 0.1) is 12.7 Å². The van der Waals surface area contributed by atoms with Gasteiger partial charge in [-0.1, -0.05) is 71.9 Å². The van der Waals surface area contributed by atoms with E-state index in [1.165, 1.54) is 50.5 Å². The first-order valence-corrected chi connectivity index (χ1v) is 8.52. The quantitative estimate of drug-likeness (QED) is 0.705. The van der Waals surface area contributed by atoms with E-state index in [0.29, 0.717) is 16.3 Å². The van der Waals surface area contributed by atoms with E-state index in [-0.39, 0.29) is 0 Å². The van der Waals surface area contributed by atoms with Gasteiger partial charge in [0.2, 0.25) is 0 Å². The highest BCUT2D eigenvalue weighted by molar-refractivity contribution is 9.09. The zero-order valence-electron chi connectivity index (χ0n) is 11.5. The third kappa shape index (κ3) is 2.75. The lowest BCUT2D eigenvalue weighted by molar-refractivity contribution is -0.118. The number of alkyl halides is 1. The molecule has 2 atom stereocenters. The van der Waals surface area contributed by atoms with Crippen LogP contribution >= 0.6 is 15.9 Å². The van der Waals surface area contributed by atoms with Crippen LogP contribution in [0.4, 0.5) is 0 Å². The van der Waals surface area contributed by atoms with Crippen LogP contribution in [-0.2, 0) is 11.3 Å². The van der Waals surface area contributed by atoms with Gasteiger partial charge < -0.3 is 4.74 Å². The van der Waals surface area contributed by atoms with Crippen LogP contribution < -0.4 is 0 Å². The van der Waals surface area contributed by atoms with Crippen molar-refractivity contribution in [3.05, 3.63) is 35.9 Å². The zero-order valence-corrected chi connectivity index (χ0v) is 13.1. The molecule has 2 aliphatic carbocycles. The highest BCUT2D eigenvalue weighted by Gasteiger charge is 2.53. The molecule has 104 valence electrons. The van der Waals surface area contributed by atoms with Crippen molar-refractivity contribution in [2.45, 2.75) is 62.5 Å². The molecule has 0 N–H and O–H groups in total. The van der Waals surface area contributed by atoms with Gasteiger partial charge in [-0.3, -0.25) is 0 Å². The molecule has 19 heavy (non-hydrogen) atoms. The third-order valence-corrected chi connectivity index (χ3v) is 6.30. The van der Waals surface area contributed by atoms with E-state index in [1.807, 2.05) is 0 Å².